The van der Waals surface area contributed by atoms with Crippen molar-refractivity contribution in [3.8, 4) is 11.5 Å². The Bertz CT molecular complexity index is 872. The van der Waals surface area contributed by atoms with Crippen LogP contribution in [0.5, 0.6) is 11.5 Å². The van der Waals surface area contributed by atoms with Gasteiger partial charge in [0.05, 0.1) is 6.42 Å². The number of rotatable bonds is 6. The number of amides is 1. The van der Waals surface area contributed by atoms with Gasteiger partial charge >= 0.3 is 0 Å². The first kappa shape index (κ1) is 20.0. The van der Waals surface area contributed by atoms with E-state index in [0.29, 0.717) is 29.8 Å². The molecule has 0 aromatic heterocycles. The van der Waals surface area contributed by atoms with Crippen LogP contribution >= 0.6 is 11.6 Å². The first-order chi connectivity index (χ1) is 14.0. The van der Waals surface area contributed by atoms with Crippen molar-refractivity contribution in [2.24, 2.45) is 0 Å². The molecule has 1 fully saturated rings. The summed E-state index contributed by atoms with van der Waals surface area (Å²) in [6.45, 7) is 1.91. The van der Waals surface area contributed by atoms with Gasteiger partial charge < -0.3 is 20.1 Å². The van der Waals surface area contributed by atoms with Gasteiger partial charge in [-0.2, -0.15) is 0 Å². The van der Waals surface area contributed by atoms with Gasteiger partial charge in [-0.3, -0.25) is 4.79 Å². The van der Waals surface area contributed by atoms with Gasteiger partial charge in [0.2, 0.25) is 5.91 Å². The monoisotopic (exact) mass is 418 g/mol. The van der Waals surface area contributed by atoms with E-state index in [0.717, 1.165) is 42.9 Å². The van der Waals surface area contributed by atoms with Crippen LogP contribution in [0.25, 0.3) is 0 Å². The summed E-state index contributed by atoms with van der Waals surface area (Å²) in [6, 6.07) is 10.7. The summed E-state index contributed by atoms with van der Waals surface area (Å²) in [5.41, 5.74) is 1.73. The summed E-state index contributed by atoms with van der Waals surface area (Å²) < 4.78 is 24.6. The molecule has 4 rings (SSSR count). The molecule has 2 aromatic rings. The van der Waals surface area contributed by atoms with Gasteiger partial charge in [-0.1, -0.05) is 17.7 Å². The van der Waals surface area contributed by atoms with E-state index in [2.05, 4.69) is 10.6 Å². The molecular formula is C22H24ClFN2O3. The van der Waals surface area contributed by atoms with Crippen molar-refractivity contribution in [2.45, 2.75) is 44.3 Å². The highest BCUT2D eigenvalue weighted by Crippen LogP contribution is 2.31. The molecule has 2 N–H and O–H groups in total. The second-order valence-electron chi connectivity index (χ2n) is 7.59. The average molecular weight is 419 g/mol. The van der Waals surface area contributed by atoms with E-state index in [1.807, 2.05) is 18.2 Å². The number of hydrogen-bond donors (Lipinski definition) is 2. The van der Waals surface area contributed by atoms with Crippen LogP contribution in [0, 0.1) is 5.82 Å². The summed E-state index contributed by atoms with van der Waals surface area (Å²) in [5.74, 6) is 1.06. The summed E-state index contributed by atoms with van der Waals surface area (Å²) >= 11 is 5.85. The van der Waals surface area contributed by atoms with E-state index < -0.39 is 5.82 Å². The Morgan fingerprint density at radius 3 is 2.66 bits per heavy atom. The van der Waals surface area contributed by atoms with E-state index >= 15 is 0 Å². The lowest BCUT2D eigenvalue weighted by Crippen LogP contribution is -2.36. The van der Waals surface area contributed by atoms with Crippen LogP contribution in [-0.2, 0) is 17.8 Å². The standard InChI is InChI=1S/C22H24ClFN2O3/c23-16-7-15(8-17(24)11-16)10-22(27)26-19-3-2-18(12-19)25-13-14-1-4-20-21(9-14)29-6-5-28-20/h1,4,7-9,11,18-19,25H,2-3,5-6,10,12-13H2,(H,26,27)/t18-,19+/m1/s1. The smallest absolute Gasteiger partial charge is 0.224 e. The second-order valence-corrected chi connectivity index (χ2v) is 8.02. The van der Waals surface area contributed by atoms with Crippen molar-refractivity contribution in [3.05, 3.63) is 58.4 Å². The third kappa shape index (κ3) is 5.40. The first-order valence-corrected chi connectivity index (χ1v) is 10.3. The second kappa shape index (κ2) is 9.01. The Kier molecular flexibility index (Phi) is 6.21. The molecule has 154 valence electrons. The van der Waals surface area contributed by atoms with Crippen molar-refractivity contribution < 1.29 is 18.7 Å². The van der Waals surface area contributed by atoms with Gasteiger partial charge in [0.15, 0.2) is 11.5 Å². The van der Waals surface area contributed by atoms with Crippen molar-refractivity contribution in [3.63, 3.8) is 0 Å². The maximum atomic E-state index is 13.4. The van der Waals surface area contributed by atoms with E-state index in [1.54, 1.807) is 6.07 Å². The number of carbonyl (C=O) groups excluding carboxylic acids is 1. The van der Waals surface area contributed by atoms with E-state index in [9.17, 15) is 9.18 Å². The molecule has 1 amide bonds. The third-order valence-corrected chi connectivity index (χ3v) is 5.50. The van der Waals surface area contributed by atoms with E-state index in [4.69, 9.17) is 21.1 Å². The maximum Gasteiger partial charge on any atom is 0.224 e. The SMILES string of the molecule is O=C(Cc1cc(F)cc(Cl)c1)N[C@H]1CC[C@@H](NCc2ccc3c(c2)OCCO3)C1. The Balaban J connectivity index is 1.23. The number of carbonyl (C=O) groups is 1. The predicted octanol–water partition coefficient (Wildman–Crippen LogP) is 3.62. The normalized spacial score (nSPS) is 20.5. The molecule has 0 unspecified atom stereocenters. The van der Waals surface area contributed by atoms with Gasteiger partial charge in [-0.15, -0.1) is 0 Å². The molecule has 0 spiro atoms. The number of benzene rings is 2. The average Bonchev–Trinajstić information content (AvgIpc) is 3.12. The molecule has 0 saturated heterocycles. The Morgan fingerprint density at radius 1 is 1.03 bits per heavy atom. The van der Waals surface area contributed by atoms with Crippen molar-refractivity contribution in [1.82, 2.24) is 10.6 Å². The lowest BCUT2D eigenvalue weighted by Gasteiger charge is -2.19. The minimum Gasteiger partial charge on any atom is -0.486 e. The molecule has 2 aromatic carbocycles. The molecule has 29 heavy (non-hydrogen) atoms. The minimum atomic E-state index is -0.426. The van der Waals surface area contributed by atoms with E-state index in [-0.39, 0.29) is 18.4 Å². The Hall–Kier alpha value is -2.31. The van der Waals surface area contributed by atoms with E-state index in [1.165, 1.54) is 12.1 Å². The van der Waals surface area contributed by atoms with Crippen molar-refractivity contribution in [1.29, 1.82) is 0 Å². The topological polar surface area (TPSA) is 59.6 Å². The fraction of sp³-hybridized carbons (Fsp3) is 0.409. The number of halogens is 2. The van der Waals surface area contributed by atoms with Gasteiger partial charge in [0, 0.05) is 23.7 Å². The third-order valence-electron chi connectivity index (χ3n) is 5.29. The highest BCUT2D eigenvalue weighted by molar-refractivity contribution is 6.30. The molecule has 2 aliphatic rings. The van der Waals surface area contributed by atoms with Crippen LogP contribution in [-0.4, -0.2) is 31.2 Å². The number of hydrogen-bond acceptors (Lipinski definition) is 4. The van der Waals surface area contributed by atoms with Crippen LogP contribution in [0.2, 0.25) is 5.02 Å². The maximum absolute atomic E-state index is 13.4. The Morgan fingerprint density at radius 2 is 1.83 bits per heavy atom. The van der Waals surface area contributed by atoms with Crippen LogP contribution in [0.3, 0.4) is 0 Å². The summed E-state index contributed by atoms with van der Waals surface area (Å²) in [4.78, 5) is 12.3. The molecule has 0 bridgehead atoms. The van der Waals surface area contributed by atoms with Crippen LogP contribution in [0.15, 0.2) is 36.4 Å². The quantitative estimate of drug-likeness (QED) is 0.752. The zero-order valence-electron chi connectivity index (χ0n) is 16.0. The predicted molar refractivity (Wildman–Crippen MR) is 109 cm³/mol. The van der Waals surface area contributed by atoms with Gasteiger partial charge in [0.1, 0.15) is 19.0 Å². The highest BCUT2D eigenvalue weighted by Gasteiger charge is 2.25. The summed E-state index contributed by atoms with van der Waals surface area (Å²) in [7, 11) is 0. The van der Waals surface area contributed by atoms with Crippen molar-refractivity contribution in [2.75, 3.05) is 13.2 Å². The molecule has 1 aliphatic carbocycles. The summed E-state index contributed by atoms with van der Waals surface area (Å²) in [6.07, 6.45) is 2.93. The highest BCUT2D eigenvalue weighted by atomic mass is 35.5. The van der Waals surface area contributed by atoms with Gasteiger partial charge in [-0.25, -0.2) is 4.39 Å². The molecule has 2 atom stereocenters. The lowest BCUT2D eigenvalue weighted by atomic mass is 10.1. The molecule has 1 saturated carbocycles. The fourth-order valence-corrected chi connectivity index (χ4v) is 4.18. The van der Waals surface area contributed by atoms with Crippen LogP contribution in [0.4, 0.5) is 4.39 Å². The minimum absolute atomic E-state index is 0.107. The van der Waals surface area contributed by atoms with Crippen LogP contribution < -0.4 is 20.1 Å². The lowest BCUT2D eigenvalue weighted by molar-refractivity contribution is -0.121. The molecule has 1 heterocycles. The zero-order valence-corrected chi connectivity index (χ0v) is 16.8. The largest absolute Gasteiger partial charge is 0.486 e. The van der Waals surface area contributed by atoms with Gasteiger partial charge in [-0.05, 0) is 60.7 Å². The number of fused-ring (bicyclic) bond motifs is 1. The zero-order chi connectivity index (χ0) is 20.2. The molecular weight excluding hydrogens is 395 g/mol. The summed E-state index contributed by atoms with van der Waals surface area (Å²) in [5, 5.41) is 6.92. The molecule has 0 radical (unpaired) electrons. The molecule has 5 nitrogen and oxygen atoms in total. The fourth-order valence-electron chi connectivity index (χ4n) is 3.94. The Labute approximate surface area is 174 Å². The number of nitrogens with one attached hydrogen (secondary N) is 2. The molecule has 1 aliphatic heterocycles. The van der Waals surface area contributed by atoms with Crippen LogP contribution in [0.1, 0.15) is 30.4 Å². The molecule has 7 heteroatoms. The van der Waals surface area contributed by atoms with Gasteiger partial charge in [0.25, 0.3) is 0 Å². The first-order valence-electron chi connectivity index (χ1n) is 9.91. The van der Waals surface area contributed by atoms with Crippen molar-refractivity contribution >= 4 is 17.5 Å². The number of ether oxygens (including phenoxy) is 2.